The normalized spacial score (nSPS) is 10.4. The van der Waals surface area contributed by atoms with Crippen LogP contribution in [0.1, 0.15) is 26.3 Å². The maximum absolute atomic E-state index is 12.5. The minimum atomic E-state index is -0.540. The summed E-state index contributed by atoms with van der Waals surface area (Å²) < 4.78 is 1.45. The van der Waals surface area contributed by atoms with Gasteiger partial charge in [-0.2, -0.15) is 0 Å². The summed E-state index contributed by atoms with van der Waals surface area (Å²) >= 11 is 5.87. The van der Waals surface area contributed by atoms with Gasteiger partial charge in [-0.05, 0) is 48.0 Å². The van der Waals surface area contributed by atoms with Crippen LogP contribution in [0.2, 0.25) is 5.02 Å². The molecule has 6 nitrogen and oxygen atoms in total. The highest BCUT2D eigenvalue weighted by Crippen LogP contribution is 2.12. The van der Waals surface area contributed by atoms with Gasteiger partial charge in [-0.1, -0.05) is 23.7 Å². The van der Waals surface area contributed by atoms with Gasteiger partial charge in [0, 0.05) is 28.5 Å². The summed E-state index contributed by atoms with van der Waals surface area (Å²) in [5.41, 5.74) is 7.07. The fourth-order valence-corrected chi connectivity index (χ4v) is 2.62. The minimum Gasteiger partial charge on any atom is -0.366 e. The topological polar surface area (TPSA) is 94.2 Å². The van der Waals surface area contributed by atoms with E-state index in [1.54, 1.807) is 24.3 Å². The van der Waals surface area contributed by atoms with Gasteiger partial charge in [0.1, 0.15) is 0 Å². The van der Waals surface area contributed by atoms with Gasteiger partial charge in [0.2, 0.25) is 5.91 Å². The van der Waals surface area contributed by atoms with Crippen LogP contribution >= 0.6 is 11.6 Å². The molecular formula is C20H16ClN3O3. The Kier molecular flexibility index (Phi) is 5.38. The molecule has 0 unspecified atom stereocenters. The van der Waals surface area contributed by atoms with Crippen molar-refractivity contribution in [2.45, 2.75) is 6.54 Å². The summed E-state index contributed by atoms with van der Waals surface area (Å²) in [4.78, 5) is 35.6. The van der Waals surface area contributed by atoms with E-state index >= 15 is 0 Å². The highest BCUT2D eigenvalue weighted by atomic mass is 35.5. The molecule has 3 aromatic rings. The number of aromatic nitrogens is 1. The largest absolute Gasteiger partial charge is 0.366 e. The van der Waals surface area contributed by atoms with E-state index in [0.717, 1.165) is 5.56 Å². The Bertz CT molecular complexity index is 1040. The number of nitrogens with two attached hydrogens (primary N) is 1. The van der Waals surface area contributed by atoms with E-state index < -0.39 is 5.91 Å². The SMILES string of the molecule is NC(=O)c1ccc(NC(=O)c2ccc(=O)n(Cc3ccc(Cl)cc3)c2)cc1. The molecule has 0 aliphatic rings. The van der Waals surface area contributed by atoms with E-state index in [2.05, 4.69) is 5.32 Å². The van der Waals surface area contributed by atoms with Gasteiger partial charge in [0.25, 0.3) is 11.5 Å². The van der Waals surface area contributed by atoms with Crippen LogP contribution in [0.3, 0.4) is 0 Å². The summed E-state index contributed by atoms with van der Waals surface area (Å²) in [6.45, 7) is 0.324. The number of halogens is 1. The van der Waals surface area contributed by atoms with Crippen LogP contribution in [0.15, 0.2) is 71.7 Å². The van der Waals surface area contributed by atoms with Crippen molar-refractivity contribution >= 4 is 29.1 Å². The first-order valence-corrected chi connectivity index (χ1v) is 8.46. The molecule has 2 aromatic carbocycles. The van der Waals surface area contributed by atoms with Gasteiger partial charge in [0.05, 0.1) is 12.1 Å². The van der Waals surface area contributed by atoms with Gasteiger partial charge < -0.3 is 15.6 Å². The minimum absolute atomic E-state index is 0.215. The molecular weight excluding hydrogens is 366 g/mol. The third-order valence-corrected chi connectivity index (χ3v) is 4.19. The molecule has 0 aliphatic carbocycles. The Morgan fingerprint density at radius 1 is 0.926 bits per heavy atom. The lowest BCUT2D eigenvalue weighted by molar-refractivity contribution is 0.0998. The van der Waals surface area contributed by atoms with Crippen molar-refractivity contribution in [3.63, 3.8) is 0 Å². The summed E-state index contributed by atoms with van der Waals surface area (Å²) in [6.07, 6.45) is 1.50. The number of nitrogens with one attached hydrogen (secondary N) is 1. The second kappa shape index (κ2) is 7.88. The maximum Gasteiger partial charge on any atom is 0.257 e. The molecule has 0 spiro atoms. The molecule has 3 rings (SSSR count). The van der Waals surface area contributed by atoms with Crippen molar-refractivity contribution in [3.8, 4) is 0 Å². The lowest BCUT2D eigenvalue weighted by atomic mass is 10.2. The molecule has 0 aliphatic heterocycles. The number of pyridine rings is 1. The number of hydrogen-bond acceptors (Lipinski definition) is 3. The van der Waals surface area contributed by atoms with E-state index in [0.29, 0.717) is 28.4 Å². The van der Waals surface area contributed by atoms with Gasteiger partial charge in [-0.15, -0.1) is 0 Å². The second-order valence-corrected chi connectivity index (χ2v) is 6.34. The van der Waals surface area contributed by atoms with Crippen molar-refractivity contribution in [1.29, 1.82) is 0 Å². The van der Waals surface area contributed by atoms with Crippen LogP contribution in [0.5, 0.6) is 0 Å². The highest BCUT2D eigenvalue weighted by molar-refractivity contribution is 6.30. The summed E-state index contributed by atoms with van der Waals surface area (Å²) in [6, 6.07) is 16.2. The number of nitrogens with zero attached hydrogens (tertiary/aromatic N) is 1. The molecule has 3 N–H and O–H groups in total. The van der Waals surface area contributed by atoms with E-state index in [1.165, 1.54) is 35.0 Å². The van der Waals surface area contributed by atoms with Crippen molar-refractivity contribution in [1.82, 2.24) is 4.57 Å². The predicted octanol–water partition coefficient (Wildman–Crippen LogP) is 2.90. The van der Waals surface area contributed by atoms with Crippen LogP contribution in [-0.2, 0) is 6.54 Å². The number of primary amides is 1. The number of anilines is 1. The van der Waals surface area contributed by atoms with Gasteiger partial charge in [-0.25, -0.2) is 0 Å². The maximum atomic E-state index is 12.5. The smallest absolute Gasteiger partial charge is 0.257 e. The lowest BCUT2D eigenvalue weighted by Gasteiger charge is -2.10. The van der Waals surface area contributed by atoms with E-state index in [4.69, 9.17) is 17.3 Å². The second-order valence-electron chi connectivity index (χ2n) is 5.91. The molecule has 7 heteroatoms. The van der Waals surface area contributed by atoms with Crippen LogP contribution < -0.4 is 16.6 Å². The van der Waals surface area contributed by atoms with E-state index in [-0.39, 0.29) is 11.5 Å². The lowest BCUT2D eigenvalue weighted by Crippen LogP contribution is -2.22. The van der Waals surface area contributed by atoms with Crippen LogP contribution in [0.4, 0.5) is 5.69 Å². The van der Waals surface area contributed by atoms with Gasteiger partial charge >= 0.3 is 0 Å². The van der Waals surface area contributed by atoms with Crippen LogP contribution in [0, 0.1) is 0 Å². The third kappa shape index (κ3) is 4.62. The van der Waals surface area contributed by atoms with Gasteiger partial charge in [-0.3, -0.25) is 14.4 Å². The van der Waals surface area contributed by atoms with Crippen molar-refractivity contribution in [3.05, 3.63) is 98.9 Å². The number of amides is 2. The standard InChI is InChI=1S/C20H16ClN3O3/c21-16-6-1-13(2-7-16)11-24-12-15(5-10-18(24)25)20(27)23-17-8-3-14(4-9-17)19(22)26/h1-10,12H,11H2,(H2,22,26)(H,23,27). The number of hydrogen-bond donors (Lipinski definition) is 2. The first kappa shape index (κ1) is 18.4. The summed E-state index contributed by atoms with van der Waals surface area (Å²) in [5.74, 6) is -0.908. The third-order valence-electron chi connectivity index (χ3n) is 3.94. The zero-order valence-electron chi connectivity index (χ0n) is 14.2. The molecule has 0 bridgehead atoms. The zero-order valence-corrected chi connectivity index (χ0v) is 14.9. The molecule has 136 valence electrons. The monoisotopic (exact) mass is 381 g/mol. The van der Waals surface area contributed by atoms with E-state index in [1.807, 2.05) is 12.1 Å². The molecule has 0 atom stereocenters. The Morgan fingerprint density at radius 2 is 1.56 bits per heavy atom. The molecule has 0 saturated carbocycles. The van der Waals surface area contributed by atoms with Crippen LogP contribution in [0.25, 0.3) is 0 Å². The first-order chi connectivity index (χ1) is 12.9. The summed E-state index contributed by atoms with van der Waals surface area (Å²) in [5, 5.41) is 3.33. The van der Waals surface area contributed by atoms with Gasteiger partial charge in [0.15, 0.2) is 0 Å². The number of carbonyl (C=O) groups excluding carboxylic acids is 2. The molecule has 1 aromatic heterocycles. The van der Waals surface area contributed by atoms with E-state index in [9.17, 15) is 14.4 Å². The predicted molar refractivity (Wildman–Crippen MR) is 104 cm³/mol. The fraction of sp³-hybridized carbons (Fsp3) is 0.0500. The first-order valence-electron chi connectivity index (χ1n) is 8.08. The number of rotatable bonds is 5. The average Bonchev–Trinajstić information content (AvgIpc) is 2.65. The Morgan fingerprint density at radius 3 is 2.19 bits per heavy atom. The van der Waals surface area contributed by atoms with Crippen molar-refractivity contribution < 1.29 is 9.59 Å². The molecule has 27 heavy (non-hydrogen) atoms. The molecule has 0 fully saturated rings. The molecule has 2 amide bonds. The molecule has 0 saturated heterocycles. The molecule has 0 radical (unpaired) electrons. The quantitative estimate of drug-likeness (QED) is 0.711. The highest BCUT2D eigenvalue weighted by Gasteiger charge is 2.09. The van der Waals surface area contributed by atoms with Crippen LogP contribution in [-0.4, -0.2) is 16.4 Å². The Hall–Kier alpha value is -3.38. The fourth-order valence-electron chi connectivity index (χ4n) is 2.50. The Balaban J connectivity index is 1.78. The zero-order chi connectivity index (χ0) is 19.4. The summed E-state index contributed by atoms with van der Waals surface area (Å²) in [7, 11) is 0. The Labute approximate surface area is 160 Å². The van der Waals surface area contributed by atoms with Crippen molar-refractivity contribution in [2.24, 2.45) is 5.73 Å². The molecule has 1 heterocycles. The number of benzene rings is 2. The number of carbonyl (C=O) groups is 2. The average molecular weight is 382 g/mol. The van der Waals surface area contributed by atoms with Crippen molar-refractivity contribution in [2.75, 3.05) is 5.32 Å².